The van der Waals surface area contributed by atoms with Gasteiger partial charge in [0.05, 0.1) is 16.2 Å². The molecule has 1 fully saturated rings. The molecule has 1 aliphatic rings. The van der Waals surface area contributed by atoms with E-state index in [1.165, 1.54) is 12.1 Å². The molecule has 0 radical (unpaired) electrons. The maximum atomic E-state index is 10.9. The van der Waals surface area contributed by atoms with Gasteiger partial charge in [0.1, 0.15) is 11.9 Å². The normalized spacial score (nSPS) is 17.7. The minimum Gasteiger partial charge on any atom is -0.370 e. The van der Waals surface area contributed by atoms with Gasteiger partial charge >= 0.3 is 0 Å². The molecule has 1 saturated heterocycles. The summed E-state index contributed by atoms with van der Waals surface area (Å²) in [4.78, 5) is 16.9. The summed E-state index contributed by atoms with van der Waals surface area (Å²) in [5.74, 6) is 1.76. The van der Waals surface area contributed by atoms with Crippen molar-refractivity contribution in [3.8, 4) is 6.07 Å². The molecule has 1 aromatic carbocycles. The molecule has 0 spiro atoms. The van der Waals surface area contributed by atoms with Gasteiger partial charge in [-0.2, -0.15) is 10.4 Å². The number of hydrogen-bond acceptors (Lipinski definition) is 6. The number of aryl methyl sites for hydroxylation is 1. The minimum atomic E-state index is -0.486. The summed E-state index contributed by atoms with van der Waals surface area (Å²) in [6.45, 7) is 3.37. The van der Waals surface area contributed by atoms with Crippen LogP contribution in [-0.2, 0) is 0 Å². The number of nitriles is 1. The zero-order valence-electron chi connectivity index (χ0n) is 12.7. The lowest BCUT2D eigenvalue weighted by atomic mass is 9.96. The van der Waals surface area contributed by atoms with Crippen molar-refractivity contribution in [2.45, 2.75) is 25.7 Å². The van der Waals surface area contributed by atoms with Gasteiger partial charge in [-0.1, -0.05) is 0 Å². The first-order valence-electron chi connectivity index (χ1n) is 7.41. The second kappa shape index (κ2) is 6.04. The summed E-state index contributed by atoms with van der Waals surface area (Å²) < 4.78 is 0. The zero-order chi connectivity index (χ0) is 16.4. The molecule has 118 valence electrons. The third-order valence-electron chi connectivity index (χ3n) is 4.05. The van der Waals surface area contributed by atoms with Gasteiger partial charge in [-0.3, -0.25) is 15.2 Å². The lowest BCUT2D eigenvalue weighted by Gasteiger charge is -2.33. The summed E-state index contributed by atoms with van der Waals surface area (Å²) >= 11 is 0. The van der Waals surface area contributed by atoms with E-state index >= 15 is 0 Å². The van der Waals surface area contributed by atoms with Gasteiger partial charge in [0.15, 0.2) is 5.82 Å². The first kappa shape index (κ1) is 15.0. The summed E-state index contributed by atoms with van der Waals surface area (Å²) in [6, 6.07) is 6.49. The Balaban J connectivity index is 1.86. The first-order chi connectivity index (χ1) is 11.1. The van der Waals surface area contributed by atoms with E-state index in [4.69, 9.17) is 0 Å². The average Bonchev–Trinajstić information content (AvgIpc) is 3.01. The number of aromatic amines is 1. The maximum Gasteiger partial charge on any atom is 0.270 e. The van der Waals surface area contributed by atoms with E-state index in [0.717, 1.165) is 36.7 Å². The van der Waals surface area contributed by atoms with E-state index in [-0.39, 0.29) is 11.6 Å². The molecule has 2 heterocycles. The van der Waals surface area contributed by atoms with Crippen LogP contribution in [0.4, 0.5) is 11.4 Å². The van der Waals surface area contributed by atoms with Crippen molar-refractivity contribution in [1.29, 1.82) is 5.26 Å². The Bertz CT molecular complexity index is 779. The van der Waals surface area contributed by atoms with E-state index < -0.39 is 4.92 Å². The quantitative estimate of drug-likeness (QED) is 0.687. The van der Waals surface area contributed by atoms with E-state index in [9.17, 15) is 15.4 Å². The fraction of sp³-hybridized carbons (Fsp3) is 0.400. The van der Waals surface area contributed by atoms with Gasteiger partial charge in [0.2, 0.25) is 0 Å². The van der Waals surface area contributed by atoms with Crippen molar-refractivity contribution in [3.63, 3.8) is 0 Å². The van der Waals surface area contributed by atoms with Gasteiger partial charge in [0, 0.05) is 31.1 Å². The molecule has 0 aliphatic carbocycles. The highest BCUT2D eigenvalue weighted by molar-refractivity contribution is 5.63. The Morgan fingerprint density at radius 3 is 3.00 bits per heavy atom. The van der Waals surface area contributed by atoms with E-state index in [1.54, 1.807) is 6.07 Å². The molecular formula is C15H16N6O2. The third-order valence-corrected chi connectivity index (χ3v) is 4.05. The molecule has 1 unspecified atom stereocenters. The van der Waals surface area contributed by atoms with Crippen LogP contribution in [0.2, 0.25) is 0 Å². The fourth-order valence-corrected chi connectivity index (χ4v) is 2.95. The molecule has 3 rings (SSSR count). The highest BCUT2D eigenvalue weighted by Gasteiger charge is 2.26. The summed E-state index contributed by atoms with van der Waals surface area (Å²) in [5.41, 5.74) is 0.990. The van der Waals surface area contributed by atoms with Crippen LogP contribution in [-0.4, -0.2) is 33.2 Å². The fourth-order valence-electron chi connectivity index (χ4n) is 2.95. The van der Waals surface area contributed by atoms with Crippen molar-refractivity contribution in [3.05, 3.63) is 45.5 Å². The van der Waals surface area contributed by atoms with Crippen molar-refractivity contribution in [2.75, 3.05) is 18.0 Å². The molecule has 8 nitrogen and oxygen atoms in total. The molecule has 0 amide bonds. The lowest BCUT2D eigenvalue weighted by molar-refractivity contribution is -0.384. The Morgan fingerprint density at radius 1 is 1.52 bits per heavy atom. The van der Waals surface area contributed by atoms with Gasteiger partial charge in [-0.05, 0) is 25.8 Å². The van der Waals surface area contributed by atoms with E-state index in [0.29, 0.717) is 12.1 Å². The highest BCUT2D eigenvalue weighted by Crippen LogP contribution is 2.31. The lowest BCUT2D eigenvalue weighted by Crippen LogP contribution is -2.35. The van der Waals surface area contributed by atoms with Crippen LogP contribution >= 0.6 is 0 Å². The van der Waals surface area contributed by atoms with Crippen LogP contribution in [0, 0.1) is 28.4 Å². The number of nitro groups is 1. The second-order valence-corrected chi connectivity index (χ2v) is 5.63. The molecule has 1 aromatic heterocycles. The number of nitrogens with one attached hydrogen (secondary N) is 1. The average molecular weight is 312 g/mol. The molecule has 1 N–H and O–H groups in total. The maximum absolute atomic E-state index is 10.9. The molecule has 1 atom stereocenters. The molecule has 0 bridgehead atoms. The second-order valence-electron chi connectivity index (χ2n) is 5.63. The number of nitro benzene ring substituents is 1. The first-order valence-corrected chi connectivity index (χ1v) is 7.41. The van der Waals surface area contributed by atoms with Crippen LogP contribution in [0.25, 0.3) is 0 Å². The van der Waals surface area contributed by atoms with Crippen LogP contribution in [0.3, 0.4) is 0 Å². The SMILES string of the molecule is Cc1nc(C2CCCN(c3ccc([N+](=O)[O-])cc3C#N)C2)n[nH]1. The van der Waals surface area contributed by atoms with E-state index in [2.05, 4.69) is 26.2 Å². The standard InChI is InChI=1S/C15H16N6O2/c1-10-17-15(19-18-10)11-3-2-6-20(9-11)14-5-4-13(21(22)23)7-12(14)8-16/h4-5,7,11H,2-3,6,9H2,1H3,(H,17,18,19). The number of non-ortho nitro benzene ring substituents is 1. The van der Waals surface area contributed by atoms with Crippen molar-refractivity contribution in [1.82, 2.24) is 15.2 Å². The Labute approximate surface area is 132 Å². The number of benzene rings is 1. The van der Waals surface area contributed by atoms with Crippen molar-refractivity contribution in [2.24, 2.45) is 0 Å². The van der Waals surface area contributed by atoms with E-state index in [1.807, 2.05) is 6.92 Å². The van der Waals surface area contributed by atoms with Crippen LogP contribution < -0.4 is 4.90 Å². The summed E-state index contributed by atoms with van der Waals surface area (Å²) in [5, 5.41) is 27.3. The number of aromatic nitrogens is 3. The predicted molar refractivity (Wildman–Crippen MR) is 83.1 cm³/mol. The van der Waals surface area contributed by atoms with Gasteiger partial charge in [-0.25, -0.2) is 4.98 Å². The zero-order valence-corrected chi connectivity index (χ0v) is 12.7. The number of rotatable bonds is 3. The predicted octanol–water partition coefficient (Wildman–Crippen LogP) is 2.28. The minimum absolute atomic E-state index is 0.0662. The van der Waals surface area contributed by atoms with Crippen molar-refractivity contribution >= 4 is 11.4 Å². The van der Waals surface area contributed by atoms with Crippen molar-refractivity contribution < 1.29 is 4.92 Å². The number of piperidine rings is 1. The Kier molecular flexibility index (Phi) is 3.93. The molecule has 0 saturated carbocycles. The smallest absolute Gasteiger partial charge is 0.270 e. The third kappa shape index (κ3) is 2.99. The van der Waals surface area contributed by atoms with Crippen LogP contribution in [0.5, 0.6) is 0 Å². The summed E-state index contributed by atoms with van der Waals surface area (Å²) in [6.07, 6.45) is 1.95. The van der Waals surface area contributed by atoms with Crippen LogP contribution in [0.15, 0.2) is 18.2 Å². The number of H-pyrrole nitrogens is 1. The van der Waals surface area contributed by atoms with Crippen LogP contribution in [0.1, 0.15) is 36.0 Å². The Hall–Kier alpha value is -2.95. The number of anilines is 1. The topological polar surface area (TPSA) is 112 Å². The molecule has 8 heteroatoms. The largest absolute Gasteiger partial charge is 0.370 e. The molecule has 1 aliphatic heterocycles. The molecule has 23 heavy (non-hydrogen) atoms. The monoisotopic (exact) mass is 312 g/mol. The number of nitrogens with zero attached hydrogens (tertiary/aromatic N) is 5. The summed E-state index contributed by atoms with van der Waals surface area (Å²) in [7, 11) is 0. The Morgan fingerprint density at radius 2 is 2.35 bits per heavy atom. The molecule has 2 aromatic rings. The van der Waals surface area contributed by atoms with Gasteiger partial charge in [-0.15, -0.1) is 0 Å². The van der Waals surface area contributed by atoms with Gasteiger partial charge < -0.3 is 4.90 Å². The van der Waals surface area contributed by atoms with Gasteiger partial charge in [0.25, 0.3) is 5.69 Å². The number of hydrogen-bond donors (Lipinski definition) is 1. The highest BCUT2D eigenvalue weighted by atomic mass is 16.6. The molecular weight excluding hydrogens is 296 g/mol.